The zero-order valence-corrected chi connectivity index (χ0v) is 17.8. The maximum Gasteiger partial charge on any atom is 0.225 e. The van der Waals surface area contributed by atoms with E-state index < -0.39 is 0 Å². The van der Waals surface area contributed by atoms with E-state index in [-0.39, 0.29) is 11.3 Å². The standard InChI is InChI=1S/C20H30N4O2S/c1-14-6-7-15(26-5)16-17(14)27-19(22-16)24-12-10-23(11-13-24)9-8-21-18(25)20(2,3)4/h6-7H,8-13H2,1-5H3,(H,21,25). The third-order valence-corrected chi connectivity index (χ3v) is 6.20. The number of piperazine rings is 1. The average Bonchev–Trinajstić information content (AvgIpc) is 3.08. The van der Waals surface area contributed by atoms with Crippen molar-refractivity contribution < 1.29 is 9.53 Å². The fraction of sp³-hybridized carbons (Fsp3) is 0.600. The number of anilines is 1. The second-order valence-electron chi connectivity index (χ2n) is 8.09. The Morgan fingerprint density at radius 2 is 1.96 bits per heavy atom. The van der Waals surface area contributed by atoms with E-state index >= 15 is 0 Å². The number of carbonyl (C=O) groups is 1. The lowest BCUT2D eigenvalue weighted by Gasteiger charge is -2.34. The van der Waals surface area contributed by atoms with E-state index in [4.69, 9.17) is 9.72 Å². The van der Waals surface area contributed by atoms with Crippen LogP contribution in [0.25, 0.3) is 10.2 Å². The van der Waals surface area contributed by atoms with Crippen LogP contribution in [-0.2, 0) is 4.79 Å². The fourth-order valence-corrected chi connectivity index (χ4v) is 4.26. The Kier molecular flexibility index (Phi) is 5.91. The molecule has 0 saturated carbocycles. The molecule has 1 aliphatic heterocycles. The van der Waals surface area contributed by atoms with Crippen molar-refractivity contribution in [1.82, 2.24) is 15.2 Å². The third-order valence-electron chi connectivity index (χ3n) is 4.95. The molecule has 2 heterocycles. The molecule has 0 radical (unpaired) electrons. The zero-order valence-electron chi connectivity index (χ0n) is 17.0. The molecule has 1 aromatic heterocycles. The largest absolute Gasteiger partial charge is 0.494 e. The molecule has 1 aliphatic rings. The van der Waals surface area contributed by atoms with Gasteiger partial charge in [0, 0.05) is 44.7 Å². The van der Waals surface area contributed by atoms with Crippen molar-refractivity contribution in [1.29, 1.82) is 0 Å². The number of amides is 1. The van der Waals surface area contributed by atoms with E-state index in [0.29, 0.717) is 6.54 Å². The van der Waals surface area contributed by atoms with E-state index in [1.54, 1.807) is 18.4 Å². The number of benzene rings is 1. The normalized spacial score (nSPS) is 16.0. The Hall–Kier alpha value is -1.86. The number of thiazole rings is 1. The molecule has 0 unspecified atom stereocenters. The predicted molar refractivity (Wildman–Crippen MR) is 112 cm³/mol. The maximum absolute atomic E-state index is 12.0. The second-order valence-corrected chi connectivity index (χ2v) is 9.07. The Labute approximate surface area is 165 Å². The monoisotopic (exact) mass is 390 g/mol. The molecular weight excluding hydrogens is 360 g/mol. The topological polar surface area (TPSA) is 57.7 Å². The minimum atomic E-state index is -0.329. The predicted octanol–water partition coefficient (Wildman–Crippen LogP) is 2.90. The average molecular weight is 391 g/mol. The molecule has 0 aliphatic carbocycles. The number of nitrogens with one attached hydrogen (secondary N) is 1. The van der Waals surface area contributed by atoms with Crippen molar-refractivity contribution in [2.45, 2.75) is 27.7 Å². The van der Waals surface area contributed by atoms with E-state index in [9.17, 15) is 4.79 Å². The first kappa shape index (κ1) is 19.9. The van der Waals surface area contributed by atoms with Crippen molar-refractivity contribution in [2.24, 2.45) is 5.41 Å². The van der Waals surface area contributed by atoms with Gasteiger partial charge in [-0.3, -0.25) is 9.69 Å². The summed E-state index contributed by atoms with van der Waals surface area (Å²) in [6, 6.07) is 4.08. The van der Waals surface area contributed by atoms with Gasteiger partial charge in [0.25, 0.3) is 0 Å². The Bertz CT molecular complexity index is 804. The van der Waals surface area contributed by atoms with Gasteiger partial charge in [-0.1, -0.05) is 38.2 Å². The summed E-state index contributed by atoms with van der Waals surface area (Å²) in [5.74, 6) is 0.950. The van der Waals surface area contributed by atoms with Gasteiger partial charge < -0.3 is 15.0 Å². The fourth-order valence-electron chi connectivity index (χ4n) is 3.15. The van der Waals surface area contributed by atoms with Crippen molar-refractivity contribution >= 4 is 32.6 Å². The minimum absolute atomic E-state index is 0.111. The molecule has 1 aromatic carbocycles. The first-order valence-electron chi connectivity index (χ1n) is 9.49. The summed E-state index contributed by atoms with van der Waals surface area (Å²) in [6.45, 7) is 13.4. The van der Waals surface area contributed by atoms with Crippen LogP contribution < -0.4 is 15.0 Å². The molecule has 27 heavy (non-hydrogen) atoms. The van der Waals surface area contributed by atoms with Crippen molar-refractivity contribution in [3.05, 3.63) is 17.7 Å². The smallest absolute Gasteiger partial charge is 0.225 e. The Balaban J connectivity index is 1.56. The van der Waals surface area contributed by atoms with E-state index in [0.717, 1.165) is 49.1 Å². The number of aryl methyl sites for hydroxylation is 1. The molecule has 1 saturated heterocycles. The summed E-state index contributed by atoms with van der Waals surface area (Å²) in [4.78, 5) is 21.6. The van der Waals surface area contributed by atoms with E-state index in [2.05, 4.69) is 28.1 Å². The van der Waals surface area contributed by atoms with Crippen LogP contribution >= 0.6 is 11.3 Å². The van der Waals surface area contributed by atoms with Crippen LogP contribution in [0.15, 0.2) is 12.1 Å². The van der Waals surface area contributed by atoms with Crippen LogP contribution in [0.5, 0.6) is 5.75 Å². The van der Waals surface area contributed by atoms with Crippen molar-refractivity contribution in [3.8, 4) is 5.75 Å². The first-order valence-corrected chi connectivity index (χ1v) is 10.3. The Morgan fingerprint density at radius 3 is 2.59 bits per heavy atom. The highest BCUT2D eigenvalue weighted by Gasteiger charge is 2.23. The van der Waals surface area contributed by atoms with E-state index in [1.165, 1.54) is 10.3 Å². The van der Waals surface area contributed by atoms with Crippen LogP contribution in [0.1, 0.15) is 26.3 Å². The SMILES string of the molecule is COc1ccc(C)c2sc(N3CCN(CCNC(=O)C(C)(C)C)CC3)nc12. The van der Waals surface area contributed by atoms with Gasteiger partial charge in [-0.05, 0) is 18.6 Å². The number of ether oxygens (including phenoxy) is 1. The molecule has 0 bridgehead atoms. The Morgan fingerprint density at radius 1 is 1.26 bits per heavy atom. The quantitative estimate of drug-likeness (QED) is 0.851. The lowest BCUT2D eigenvalue weighted by atomic mass is 9.96. The van der Waals surface area contributed by atoms with Crippen LogP contribution in [0.4, 0.5) is 5.13 Å². The van der Waals surface area contributed by atoms with Gasteiger partial charge in [-0.2, -0.15) is 0 Å². The molecule has 1 fully saturated rings. The first-order chi connectivity index (χ1) is 12.8. The highest BCUT2D eigenvalue weighted by Crippen LogP contribution is 2.36. The number of nitrogens with zero attached hydrogens (tertiary/aromatic N) is 3. The maximum atomic E-state index is 12.0. The molecule has 148 valence electrons. The van der Waals surface area contributed by atoms with Gasteiger partial charge in [0.1, 0.15) is 11.3 Å². The third kappa shape index (κ3) is 4.52. The lowest BCUT2D eigenvalue weighted by molar-refractivity contribution is -0.128. The number of fused-ring (bicyclic) bond motifs is 1. The van der Waals surface area contributed by atoms with Gasteiger partial charge in [0.2, 0.25) is 5.91 Å². The highest BCUT2D eigenvalue weighted by molar-refractivity contribution is 7.22. The molecule has 6 nitrogen and oxygen atoms in total. The summed E-state index contributed by atoms with van der Waals surface area (Å²) in [6.07, 6.45) is 0. The molecule has 2 aromatic rings. The van der Waals surface area contributed by atoms with Gasteiger partial charge in [-0.25, -0.2) is 4.98 Å². The molecular formula is C20H30N4O2S. The highest BCUT2D eigenvalue weighted by atomic mass is 32.1. The number of carbonyl (C=O) groups excluding carboxylic acids is 1. The molecule has 7 heteroatoms. The number of methoxy groups -OCH3 is 1. The number of rotatable bonds is 5. The lowest BCUT2D eigenvalue weighted by Crippen LogP contribution is -2.49. The van der Waals surface area contributed by atoms with Crippen LogP contribution in [0.3, 0.4) is 0 Å². The number of hydrogen-bond donors (Lipinski definition) is 1. The van der Waals surface area contributed by atoms with Gasteiger partial charge in [0.05, 0.1) is 11.8 Å². The zero-order chi connectivity index (χ0) is 19.6. The number of hydrogen-bond acceptors (Lipinski definition) is 6. The molecule has 0 atom stereocenters. The number of aromatic nitrogens is 1. The van der Waals surface area contributed by atoms with Gasteiger partial charge in [0.15, 0.2) is 5.13 Å². The second kappa shape index (κ2) is 8.02. The summed E-state index contributed by atoms with van der Waals surface area (Å²) in [5.41, 5.74) is 1.87. The van der Waals surface area contributed by atoms with Crippen LogP contribution in [0.2, 0.25) is 0 Å². The summed E-state index contributed by atoms with van der Waals surface area (Å²) in [5, 5.41) is 4.10. The van der Waals surface area contributed by atoms with E-state index in [1.807, 2.05) is 26.8 Å². The molecule has 0 spiro atoms. The van der Waals surface area contributed by atoms with Crippen LogP contribution in [-0.4, -0.2) is 62.2 Å². The van der Waals surface area contributed by atoms with Gasteiger partial charge in [-0.15, -0.1) is 0 Å². The minimum Gasteiger partial charge on any atom is -0.494 e. The van der Waals surface area contributed by atoms with Crippen molar-refractivity contribution in [2.75, 3.05) is 51.3 Å². The van der Waals surface area contributed by atoms with Crippen molar-refractivity contribution in [3.63, 3.8) is 0 Å². The molecule has 1 N–H and O–H groups in total. The summed E-state index contributed by atoms with van der Waals surface area (Å²) >= 11 is 1.74. The summed E-state index contributed by atoms with van der Waals surface area (Å²) < 4.78 is 6.68. The summed E-state index contributed by atoms with van der Waals surface area (Å²) in [7, 11) is 1.69. The van der Waals surface area contributed by atoms with Crippen LogP contribution in [0, 0.1) is 12.3 Å². The molecule has 1 amide bonds. The molecule has 3 rings (SSSR count). The van der Waals surface area contributed by atoms with Gasteiger partial charge >= 0.3 is 0 Å².